The smallest absolute Gasteiger partial charge is 0.252 e. The Morgan fingerprint density at radius 2 is 1.79 bits per heavy atom. The van der Waals surface area contributed by atoms with E-state index < -0.39 is 0 Å². The zero-order valence-corrected chi connectivity index (χ0v) is 15.1. The second-order valence-electron chi connectivity index (χ2n) is 5.55. The fourth-order valence-corrected chi connectivity index (χ4v) is 2.19. The number of nitrogens with zero attached hydrogens (tertiary/aromatic N) is 7. The van der Waals surface area contributed by atoms with Crippen molar-refractivity contribution in [3.63, 3.8) is 0 Å². The van der Waals surface area contributed by atoms with Crippen molar-refractivity contribution in [2.24, 2.45) is 10.7 Å². The number of hydrogen-bond acceptors (Lipinski definition) is 8. The van der Waals surface area contributed by atoms with Gasteiger partial charge in [-0.3, -0.25) is 10.1 Å². The summed E-state index contributed by atoms with van der Waals surface area (Å²) in [5, 5.41) is 10.4. The lowest BCUT2D eigenvalue weighted by Crippen LogP contribution is -2.06. The average Bonchev–Trinajstić information content (AvgIpc) is 3.29. The highest BCUT2D eigenvalue weighted by molar-refractivity contribution is 5.81. The van der Waals surface area contributed by atoms with Crippen LogP contribution in [0.15, 0.2) is 60.2 Å². The maximum atomic E-state index is 6.05. The van der Waals surface area contributed by atoms with Crippen LogP contribution in [0.25, 0.3) is 17.2 Å². The quantitative estimate of drug-likeness (QED) is 0.305. The number of aliphatic imine (C=N–C) groups is 1. The van der Waals surface area contributed by atoms with E-state index in [1.807, 2.05) is 18.2 Å². The van der Waals surface area contributed by atoms with Gasteiger partial charge in [-0.2, -0.15) is 14.9 Å². The van der Waals surface area contributed by atoms with Gasteiger partial charge in [-0.25, -0.2) is 15.0 Å². The van der Waals surface area contributed by atoms with Gasteiger partial charge in [0.2, 0.25) is 0 Å². The molecule has 0 spiro atoms. The van der Waals surface area contributed by atoms with Crippen LogP contribution in [-0.4, -0.2) is 40.8 Å². The minimum Gasteiger partial charge on any atom is -0.394 e. The van der Waals surface area contributed by atoms with Gasteiger partial charge < -0.3 is 17.2 Å². The Balaban J connectivity index is 0.000000192. The van der Waals surface area contributed by atoms with Crippen LogP contribution in [0.1, 0.15) is 6.92 Å². The van der Waals surface area contributed by atoms with Crippen LogP contribution in [0, 0.1) is 0 Å². The van der Waals surface area contributed by atoms with Gasteiger partial charge in [0.1, 0.15) is 5.82 Å². The standard InChI is InChI=1S/C12H10N6.C5H9N5/c13-11-9(10-4-1-2-5-14-10)8-17-18(11)12-15-6-3-7-16-12;1-3(6)9-5-4(7)2-8-10-5/h1-8H,13H2;2H,7H2,1H3,(H3,6,8,9,10). The summed E-state index contributed by atoms with van der Waals surface area (Å²) < 4.78 is 1.49. The summed E-state index contributed by atoms with van der Waals surface area (Å²) in [6.07, 6.45) is 8.15. The molecule has 0 aliphatic heterocycles. The molecular weight excluding hydrogens is 358 g/mol. The van der Waals surface area contributed by atoms with E-state index in [4.69, 9.17) is 17.2 Å². The predicted octanol–water partition coefficient (Wildman–Crippen LogP) is 1.31. The zero-order valence-electron chi connectivity index (χ0n) is 15.1. The van der Waals surface area contributed by atoms with E-state index in [0.717, 1.165) is 11.3 Å². The lowest BCUT2D eigenvalue weighted by Gasteiger charge is -2.02. The van der Waals surface area contributed by atoms with Gasteiger partial charge >= 0.3 is 0 Å². The highest BCUT2D eigenvalue weighted by Gasteiger charge is 2.12. The largest absolute Gasteiger partial charge is 0.394 e. The third-order valence-corrected chi connectivity index (χ3v) is 3.42. The Morgan fingerprint density at radius 3 is 2.39 bits per heavy atom. The number of aromatic nitrogens is 7. The number of nitrogen functional groups attached to an aromatic ring is 2. The molecule has 0 bridgehead atoms. The number of anilines is 2. The Bertz CT molecular complexity index is 990. The Labute approximate surface area is 160 Å². The number of rotatable bonds is 3. The van der Waals surface area contributed by atoms with Crippen LogP contribution in [0.4, 0.5) is 17.3 Å². The second kappa shape index (κ2) is 8.40. The van der Waals surface area contributed by atoms with E-state index in [-0.39, 0.29) is 0 Å². The van der Waals surface area contributed by atoms with E-state index in [2.05, 4.69) is 35.2 Å². The lowest BCUT2D eigenvalue weighted by molar-refractivity contribution is 0.817. The number of nitrogens with two attached hydrogens (primary N) is 3. The second-order valence-corrected chi connectivity index (χ2v) is 5.55. The predicted molar refractivity (Wildman–Crippen MR) is 107 cm³/mol. The van der Waals surface area contributed by atoms with Crippen molar-refractivity contribution in [2.75, 3.05) is 11.5 Å². The summed E-state index contributed by atoms with van der Waals surface area (Å²) in [7, 11) is 0. The molecule has 4 heterocycles. The van der Waals surface area contributed by atoms with Crippen molar-refractivity contribution in [1.82, 2.24) is 34.9 Å². The van der Waals surface area contributed by atoms with Crippen molar-refractivity contribution < 1.29 is 0 Å². The molecule has 0 atom stereocenters. The number of hydrogen-bond donors (Lipinski definition) is 4. The SMILES string of the molecule is C/C(N)=N/c1[nH]ncc1N.Nc1c(-c2ccccn2)cnn1-c1ncccn1. The van der Waals surface area contributed by atoms with Crippen LogP contribution in [0.2, 0.25) is 0 Å². The molecule has 142 valence electrons. The van der Waals surface area contributed by atoms with E-state index in [1.54, 1.807) is 37.8 Å². The van der Waals surface area contributed by atoms with Gasteiger partial charge in [-0.15, -0.1) is 0 Å². The maximum absolute atomic E-state index is 6.05. The Morgan fingerprint density at radius 1 is 1.04 bits per heavy atom. The Kier molecular flexibility index (Phi) is 5.55. The first-order valence-electron chi connectivity index (χ1n) is 8.18. The van der Waals surface area contributed by atoms with Gasteiger partial charge in [0.05, 0.1) is 35.2 Å². The molecule has 0 unspecified atom stereocenters. The minimum atomic E-state index is 0.442. The third-order valence-electron chi connectivity index (χ3n) is 3.42. The molecule has 28 heavy (non-hydrogen) atoms. The fraction of sp³-hybridized carbons (Fsp3) is 0.0588. The maximum Gasteiger partial charge on any atom is 0.252 e. The molecule has 7 N–H and O–H groups in total. The summed E-state index contributed by atoms with van der Waals surface area (Å²) in [4.78, 5) is 16.3. The molecule has 0 aromatic carbocycles. The summed E-state index contributed by atoms with van der Waals surface area (Å²) in [5.74, 6) is 1.88. The van der Waals surface area contributed by atoms with Crippen LogP contribution >= 0.6 is 0 Å². The van der Waals surface area contributed by atoms with Crippen LogP contribution in [-0.2, 0) is 0 Å². The van der Waals surface area contributed by atoms with Crippen LogP contribution in [0.3, 0.4) is 0 Å². The van der Waals surface area contributed by atoms with E-state index in [1.165, 1.54) is 10.9 Å². The first kappa shape index (κ1) is 18.5. The number of aromatic amines is 1. The number of pyridine rings is 1. The van der Waals surface area contributed by atoms with Crippen molar-refractivity contribution in [2.45, 2.75) is 6.92 Å². The molecule has 4 aromatic heterocycles. The average molecular weight is 377 g/mol. The van der Waals surface area contributed by atoms with E-state index >= 15 is 0 Å². The van der Waals surface area contributed by atoms with Crippen molar-refractivity contribution in [3.05, 3.63) is 55.2 Å². The molecule has 0 aliphatic carbocycles. The fourth-order valence-electron chi connectivity index (χ4n) is 2.19. The third kappa shape index (κ3) is 4.27. The van der Waals surface area contributed by atoms with Gasteiger partial charge in [-0.1, -0.05) is 6.07 Å². The number of nitrogens with one attached hydrogen (secondary N) is 1. The summed E-state index contributed by atoms with van der Waals surface area (Å²) in [5.41, 5.74) is 18.8. The van der Waals surface area contributed by atoms with Crippen LogP contribution < -0.4 is 17.2 Å². The summed E-state index contributed by atoms with van der Waals surface area (Å²) >= 11 is 0. The molecule has 11 nitrogen and oxygen atoms in total. The van der Waals surface area contributed by atoms with Crippen molar-refractivity contribution in [3.8, 4) is 17.2 Å². The molecule has 4 aromatic rings. The van der Waals surface area contributed by atoms with Gasteiger partial charge in [0.15, 0.2) is 5.82 Å². The molecule has 0 aliphatic rings. The molecule has 0 fully saturated rings. The molecule has 4 rings (SSSR count). The van der Waals surface area contributed by atoms with Crippen molar-refractivity contribution in [1.29, 1.82) is 0 Å². The monoisotopic (exact) mass is 377 g/mol. The molecule has 0 amide bonds. The molecule has 0 saturated carbocycles. The van der Waals surface area contributed by atoms with Crippen molar-refractivity contribution >= 4 is 23.2 Å². The molecule has 11 heteroatoms. The zero-order chi connectivity index (χ0) is 19.9. The Hall–Kier alpha value is -4.28. The van der Waals surface area contributed by atoms with Gasteiger partial charge in [0, 0.05) is 18.6 Å². The highest BCUT2D eigenvalue weighted by Crippen LogP contribution is 2.24. The first-order valence-corrected chi connectivity index (χ1v) is 8.18. The number of amidine groups is 1. The van der Waals surface area contributed by atoms with Crippen LogP contribution in [0.5, 0.6) is 0 Å². The topological polar surface area (TPSA) is 176 Å². The normalized spacial score (nSPS) is 11.0. The molecule has 0 saturated heterocycles. The first-order chi connectivity index (χ1) is 13.6. The van der Waals surface area contributed by atoms with Gasteiger partial charge in [0.25, 0.3) is 5.95 Å². The number of H-pyrrole nitrogens is 1. The highest BCUT2D eigenvalue weighted by atomic mass is 15.4. The molecule has 0 radical (unpaired) electrons. The van der Waals surface area contributed by atoms with E-state index in [0.29, 0.717) is 29.1 Å². The van der Waals surface area contributed by atoms with Gasteiger partial charge in [-0.05, 0) is 25.1 Å². The summed E-state index contributed by atoms with van der Waals surface area (Å²) in [6, 6.07) is 7.37. The summed E-state index contributed by atoms with van der Waals surface area (Å²) in [6.45, 7) is 1.68. The van der Waals surface area contributed by atoms with E-state index in [9.17, 15) is 0 Å². The minimum absolute atomic E-state index is 0.442. The lowest BCUT2D eigenvalue weighted by atomic mass is 10.2. The molecular formula is C17H19N11.